The molecule has 0 aliphatic heterocycles. The van der Waals surface area contributed by atoms with Crippen LogP contribution in [0.1, 0.15) is 26.3 Å². The normalized spacial score (nSPS) is 10.1. The van der Waals surface area contributed by atoms with Crippen molar-refractivity contribution >= 4 is 23.1 Å². The highest BCUT2D eigenvalue weighted by atomic mass is 16.6. The quantitative estimate of drug-likeness (QED) is 0.384. The van der Waals surface area contributed by atoms with Gasteiger partial charge >= 0.3 is 5.97 Å². The van der Waals surface area contributed by atoms with Crippen molar-refractivity contribution in [2.75, 3.05) is 5.73 Å². The minimum absolute atomic E-state index is 0.0720. The van der Waals surface area contributed by atoms with Gasteiger partial charge in [0, 0.05) is 11.6 Å². The number of ketones is 1. The maximum absolute atomic E-state index is 12.4. The van der Waals surface area contributed by atoms with Gasteiger partial charge in [-0.1, -0.05) is 24.3 Å². The van der Waals surface area contributed by atoms with Crippen molar-refractivity contribution in [3.05, 3.63) is 69.3 Å². The minimum Gasteiger partial charge on any atom is -0.478 e. The summed E-state index contributed by atoms with van der Waals surface area (Å²) in [4.78, 5) is 33.7. The highest BCUT2D eigenvalue weighted by Crippen LogP contribution is 2.27. The first-order valence-corrected chi connectivity index (χ1v) is 5.83. The van der Waals surface area contributed by atoms with Crippen LogP contribution in [0, 0.1) is 10.1 Å². The van der Waals surface area contributed by atoms with E-state index < -0.39 is 22.4 Å². The Labute approximate surface area is 118 Å². The fourth-order valence-corrected chi connectivity index (χ4v) is 1.92. The zero-order chi connectivity index (χ0) is 15.6. The molecule has 0 bridgehead atoms. The predicted molar refractivity (Wildman–Crippen MR) is 74.3 cm³/mol. The fourth-order valence-electron chi connectivity index (χ4n) is 1.92. The van der Waals surface area contributed by atoms with E-state index in [9.17, 15) is 19.7 Å². The fraction of sp³-hybridized carbons (Fsp3) is 0. The smallest absolute Gasteiger partial charge is 0.336 e. The Balaban J connectivity index is 2.59. The number of carboxylic acids is 1. The van der Waals surface area contributed by atoms with Crippen LogP contribution in [0.5, 0.6) is 0 Å². The van der Waals surface area contributed by atoms with Gasteiger partial charge in [-0.2, -0.15) is 0 Å². The summed E-state index contributed by atoms with van der Waals surface area (Å²) in [7, 11) is 0. The van der Waals surface area contributed by atoms with Gasteiger partial charge in [-0.15, -0.1) is 0 Å². The first-order chi connectivity index (χ1) is 9.93. The molecule has 0 radical (unpaired) electrons. The van der Waals surface area contributed by atoms with Crippen molar-refractivity contribution in [1.29, 1.82) is 0 Å². The lowest BCUT2D eigenvalue weighted by Gasteiger charge is -2.07. The molecule has 21 heavy (non-hydrogen) atoms. The zero-order valence-electron chi connectivity index (χ0n) is 10.6. The third kappa shape index (κ3) is 2.57. The summed E-state index contributed by atoms with van der Waals surface area (Å²) in [6.45, 7) is 0. The summed E-state index contributed by atoms with van der Waals surface area (Å²) in [5, 5.41) is 19.9. The van der Waals surface area contributed by atoms with Crippen LogP contribution in [0.15, 0.2) is 42.5 Å². The molecule has 2 rings (SSSR count). The van der Waals surface area contributed by atoms with E-state index in [1.807, 2.05) is 0 Å². The van der Waals surface area contributed by atoms with Crippen molar-refractivity contribution in [2.24, 2.45) is 0 Å². The van der Waals surface area contributed by atoms with Crippen LogP contribution in [0.2, 0.25) is 0 Å². The number of hydrogen-bond donors (Lipinski definition) is 2. The second-order valence-electron chi connectivity index (χ2n) is 4.18. The van der Waals surface area contributed by atoms with Gasteiger partial charge in [0.25, 0.3) is 5.69 Å². The number of nitrogens with zero attached hydrogens (tertiary/aromatic N) is 1. The molecule has 0 aliphatic rings. The van der Waals surface area contributed by atoms with Crippen molar-refractivity contribution in [1.82, 2.24) is 0 Å². The topological polar surface area (TPSA) is 124 Å². The largest absolute Gasteiger partial charge is 0.478 e. The molecule has 0 heterocycles. The van der Waals surface area contributed by atoms with E-state index in [0.717, 1.165) is 0 Å². The zero-order valence-corrected chi connectivity index (χ0v) is 10.6. The molecule has 7 heteroatoms. The number of aromatic carboxylic acids is 1. The molecule has 0 amide bonds. The van der Waals surface area contributed by atoms with Crippen LogP contribution < -0.4 is 5.73 Å². The van der Waals surface area contributed by atoms with Crippen LogP contribution in [0.3, 0.4) is 0 Å². The van der Waals surface area contributed by atoms with Crippen LogP contribution in [0.25, 0.3) is 0 Å². The van der Waals surface area contributed by atoms with E-state index in [-0.39, 0.29) is 22.4 Å². The lowest BCUT2D eigenvalue weighted by molar-refractivity contribution is -0.383. The number of para-hydroxylation sites is 1. The van der Waals surface area contributed by atoms with Gasteiger partial charge in [-0.05, 0) is 12.1 Å². The Bertz CT molecular complexity index is 755. The first-order valence-electron chi connectivity index (χ1n) is 5.83. The average molecular weight is 286 g/mol. The van der Waals surface area contributed by atoms with Crippen LogP contribution >= 0.6 is 0 Å². The van der Waals surface area contributed by atoms with Crippen molar-refractivity contribution < 1.29 is 19.6 Å². The third-order valence-electron chi connectivity index (χ3n) is 2.93. The maximum atomic E-state index is 12.4. The first kappa shape index (κ1) is 14.2. The summed E-state index contributed by atoms with van der Waals surface area (Å²) in [5.74, 6) is -1.93. The van der Waals surface area contributed by atoms with Gasteiger partial charge in [0.1, 0.15) is 5.69 Å². The summed E-state index contributed by atoms with van der Waals surface area (Å²) in [5.41, 5.74) is 4.60. The van der Waals surface area contributed by atoms with Gasteiger partial charge in [0.2, 0.25) is 0 Å². The molecule has 0 aromatic heterocycles. The van der Waals surface area contributed by atoms with Gasteiger partial charge in [0.05, 0.1) is 16.1 Å². The number of carbonyl (C=O) groups is 2. The molecular formula is C14H10N2O5. The molecule has 0 fully saturated rings. The van der Waals surface area contributed by atoms with Crippen LogP contribution in [-0.4, -0.2) is 21.8 Å². The van der Waals surface area contributed by atoms with E-state index in [4.69, 9.17) is 10.8 Å². The van der Waals surface area contributed by atoms with Gasteiger partial charge < -0.3 is 10.8 Å². The lowest BCUT2D eigenvalue weighted by Crippen LogP contribution is -2.12. The Morgan fingerprint density at radius 2 is 1.57 bits per heavy atom. The second-order valence-corrected chi connectivity index (χ2v) is 4.18. The summed E-state index contributed by atoms with van der Waals surface area (Å²) < 4.78 is 0. The van der Waals surface area contributed by atoms with Gasteiger partial charge in [-0.25, -0.2) is 4.79 Å². The van der Waals surface area contributed by atoms with Crippen molar-refractivity contribution in [3.63, 3.8) is 0 Å². The molecule has 0 aliphatic carbocycles. The molecule has 0 saturated heterocycles. The minimum atomic E-state index is -1.26. The summed E-state index contributed by atoms with van der Waals surface area (Å²) in [6.07, 6.45) is 0. The number of carbonyl (C=O) groups excluding carboxylic acids is 1. The summed E-state index contributed by atoms with van der Waals surface area (Å²) in [6, 6.07) is 9.43. The molecule has 0 spiro atoms. The number of carboxylic acid groups (broad SMARTS) is 1. The number of nitrogens with two attached hydrogens (primary N) is 1. The predicted octanol–water partition coefficient (Wildman–Crippen LogP) is 2.11. The Kier molecular flexibility index (Phi) is 3.66. The number of hydrogen-bond acceptors (Lipinski definition) is 5. The average Bonchev–Trinajstić information content (AvgIpc) is 2.46. The molecule has 7 nitrogen and oxygen atoms in total. The molecule has 3 N–H and O–H groups in total. The van der Waals surface area contributed by atoms with Crippen LogP contribution in [-0.2, 0) is 0 Å². The number of benzene rings is 2. The van der Waals surface area contributed by atoms with E-state index in [1.54, 1.807) is 0 Å². The number of rotatable bonds is 4. The number of anilines is 1. The molecular weight excluding hydrogens is 276 g/mol. The Hall–Kier alpha value is -3.22. The van der Waals surface area contributed by atoms with E-state index >= 15 is 0 Å². The molecule has 0 saturated carbocycles. The van der Waals surface area contributed by atoms with Gasteiger partial charge in [-0.3, -0.25) is 14.9 Å². The standard InChI is InChI=1S/C14H10N2O5/c15-12-10(6-3-7-11(12)16(20)21)13(17)8-4-1-2-5-9(8)14(18)19/h1-7H,15H2,(H,18,19). The van der Waals surface area contributed by atoms with Crippen molar-refractivity contribution in [2.45, 2.75) is 0 Å². The maximum Gasteiger partial charge on any atom is 0.336 e. The van der Waals surface area contributed by atoms with Gasteiger partial charge in [0.15, 0.2) is 5.78 Å². The molecule has 0 unspecified atom stereocenters. The monoisotopic (exact) mass is 286 g/mol. The van der Waals surface area contributed by atoms with E-state index in [0.29, 0.717) is 0 Å². The number of nitrogen functional groups attached to an aromatic ring is 1. The lowest BCUT2D eigenvalue weighted by atomic mass is 9.97. The van der Waals surface area contributed by atoms with Crippen molar-refractivity contribution in [3.8, 4) is 0 Å². The second kappa shape index (κ2) is 5.41. The molecule has 0 atom stereocenters. The van der Waals surface area contributed by atoms with E-state index in [1.165, 1.54) is 42.5 Å². The van der Waals surface area contributed by atoms with E-state index in [2.05, 4.69) is 0 Å². The third-order valence-corrected chi connectivity index (χ3v) is 2.93. The SMILES string of the molecule is Nc1c(C(=O)c2ccccc2C(=O)O)cccc1[N+](=O)[O-]. The Morgan fingerprint density at radius 1 is 1.00 bits per heavy atom. The molecule has 106 valence electrons. The highest BCUT2D eigenvalue weighted by molar-refractivity contribution is 6.17. The summed E-state index contributed by atoms with van der Waals surface area (Å²) >= 11 is 0. The molecule has 2 aromatic rings. The Morgan fingerprint density at radius 3 is 2.14 bits per heavy atom. The number of nitro groups is 1. The highest BCUT2D eigenvalue weighted by Gasteiger charge is 2.23. The molecule has 2 aromatic carbocycles. The number of nitro benzene ring substituents is 1. The van der Waals surface area contributed by atoms with Crippen LogP contribution in [0.4, 0.5) is 11.4 Å².